The molecule has 5 aliphatic rings. The highest BCUT2D eigenvalue weighted by Gasteiger charge is 2.57. The van der Waals surface area contributed by atoms with E-state index in [0.29, 0.717) is 18.4 Å². The van der Waals surface area contributed by atoms with E-state index in [9.17, 15) is 14.8 Å². The van der Waals surface area contributed by atoms with Crippen molar-refractivity contribution in [1.82, 2.24) is 9.80 Å². The van der Waals surface area contributed by atoms with Crippen molar-refractivity contribution < 1.29 is 14.2 Å². The summed E-state index contributed by atoms with van der Waals surface area (Å²) >= 11 is 0. The summed E-state index contributed by atoms with van der Waals surface area (Å²) in [5.74, 6) is 0.803. The van der Waals surface area contributed by atoms with Crippen LogP contribution in [0.4, 0.5) is 0 Å². The van der Waals surface area contributed by atoms with Crippen molar-refractivity contribution in [3.8, 4) is 0 Å². The fourth-order valence-corrected chi connectivity index (χ4v) is 7.61. The van der Waals surface area contributed by atoms with Crippen molar-refractivity contribution in [2.45, 2.75) is 70.1 Å². The van der Waals surface area contributed by atoms with Gasteiger partial charge in [-0.1, -0.05) is 12.1 Å². The van der Waals surface area contributed by atoms with Crippen LogP contribution in [0.1, 0.15) is 60.0 Å². The monoisotopic (exact) mass is 409 g/mol. The maximum absolute atomic E-state index is 13.7. The molecule has 6 heteroatoms. The summed E-state index contributed by atoms with van der Waals surface area (Å²) in [6.45, 7) is 4.84. The molecule has 2 amide bonds. The number of quaternary nitrogens is 1. The Balaban J connectivity index is 1.28. The maximum atomic E-state index is 13.7. The summed E-state index contributed by atoms with van der Waals surface area (Å²) in [7, 11) is 0. The van der Waals surface area contributed by atoms with E-state index in [2.05, 4.69) is 4.90 Å². The van der Waals surface area contributed by atoms with E-state index >= 15 is 0 Å². The zero-order valence-corrected chi connectivity index (χ0v) is 17.8. The zero-order chi connectivity index (χ0) is 20.6. The number of amides is 2. The van der Waals surface area contributed by atoms with E-state index in [1.807, 2.05) is 30.0 Å². The lowest BCUT2D eigenvalue weighted by Crippen LogP contribution is -2.73. The number of hydroxylamine groups is 3. The third kappa shape index (κ3) is 2.50. The number of piperidine rings is 4. The first-order valence-electron chi connectivity index (χ1n) is 11.8. The number of carbonyl (C=O) groups excluding carboxylic acids is 2. The Labute approximate surface area is 178 Å². The van der Waals surface area contributed by atoms with E-state index in [0.717, 1.165) is 74.8 Å². The van der Waals surface area contributed by atoms with Gasteiger partial charge >= 0.3 is 0 Å². The number of aryl methyl sites for hydroxylation is 1. The fraction of sp³-hybridized carbons (Fsp3) is 0.667. The van der Waals surface area contributed by atoms with Crippen LogP contribution in [0.5, 0.6) is 0 Å². The van der Waals surface area contributed by atoms with Gasteiger partial charge in [0.15, 0.2) is 0 Å². The third-order valence-corrected chi connectivity index (χ3v) is 8.89. The standard InChI is InChI=1S/C24H31N3O3/c1-15-5-2-7-17-19(15)14-26(23(17)28)21-10-9-20-18-8-4-12-27(30)11-3-6-16(22(18)27)13-25(20)24(21)29/h2,5,7,16,18,20-22H,3-4,6,8-14H2,1H3/t16-,18+,20+,21?,22-,27?/m0/s1. The van der Waals surface area contributed by atoms with Crippen molar-refractivity contribution in [3.63, 3.8) is 0 Å². The molecule has 6 nitrogen and oxygen atoms in total. The summed E-state index contributed by atoms with van der Waals surface area (Å²) < 4.78 is -0.00348. The van der Waals surface area contributed by atoms with Crippen LogP contribution in [0.25, 0.3) is 0 Å². The molecular formula is C24H31N3O3. The van der Waals surface area contributed by atoms with Gasteiger partial charge in [0.1, 0.15) is 6.04 Å². The lowest BCUT2D eigenvalue weighted by molar-refractivity contribution is -0.925. The van der Waals surface area contributed by atoms with E-state index in [1.165, 1.54) is 0 Å². The Morgan fingerprint density at radius 3 is 2.63 bits per heavy atom. The fourth-order valence-electron chi connectivity index (χ4n) is 7.61. The number of benzene rings is 1. The molecule has 6 atom stereocenters. The minimum Gasteiger partial charge on any atom is -0.633 e. The number of nitrogens with zero attached hydrogens (tertiary/aromatic N) is 3. The minimum absolute atomic E-state index is 0.00348. The predicted molar refractivity (Wildman–Crippen MR) is 112 cm³/mol. The topological polar surface area (TPSA) is 63.7 Å². The van der Waals surface area contributed by atoms with E-state index in [1.54, 1.807) is 0 Å². The van der Waals surface area contributed by atoms with Gasteiger partial charge in [0.25, 0.3) is 5.91 Å². The summed E-state index contributed by atoms with van der Waals surface area (Å²) in [6.07, 6.45) is 5.76. The van der Waals surface area contributed by atoms with Crippen LogP contribution in [0.2, 0.25) is 0 Å². The number of rotatable bonds is 1. The molecule has 0 N–H and O–H groups in total. The van der Waals surface area contributed by atoms with Crippen LogP contribution in [0.3, 0.4) is 0 Å². The molecule has 1 aromatic rings. The van der Waals surface area contributed by atoms with Crippen molar-refractivity contribution in [1.29, 1.82) is 0 Å². The molecule has 4 saturated heterocycles. The Bertz CT molecular complexity index is 913. The SMILES string of the molecule is Cc1cccc2c1CN(C1CC[C@@H]3[C@H]4CCC[N+]5([O-])CCC[C@@H](CN3C1=O)[C@@H]45)C2=O. The summed E-state index contributed by atoms with van der Waals surface area (Å²) in [5.41, 5.74) is 2.96. The second-order valence-corrected chi connectivity index (χ2v) is 10.3. The second kappa shape index (κ2) is 6.54. The van der Waals surface area contributed by atoms with Gasteiger partial charge in [-0.3, -0.25) is 9.59 Å². The molecule has 160 valence electrons. The quantitative estimate of drug-likeness (QED) is 0.529. The first kappa shape index (κ1) is 18.8. The zero-order valence-electron chi connectivity index (χ0n) is 17.8. The lowest BCUT2D eigenvalue weighted by atomic mass is 9.67. The van der Waals surface area contributed by atoms with Crippen molar-refractivity contribution in [2.24, 2.45) is 11.8 Å². The number of carbonyl (C=O) groups is 2. The molecule has 4 fully saturated rings. The molecule has 0 radical (unpaired) electrons. The molecule has 0 aromatic heterocycles. The van der Waals surface area contributed by atoms with E-state index < -0.39 is 0 Å². The lowest BCUT2D eigenvalue weighted by Gasteiger charge is -2.65. The van der Waals surface area contributed by atoms with E-state index in [-0.39, 0.29) is 34.6 Å². The van der Waals surface area contributed by atoms with Gasteiger partial charge in [0.2, 0.25) is 5.91 Å². The summed E-state index contributed by atoms with van der Waals surface area (Å²) in [4.78, 5) is 30.7. The molecule has 0 spiro atoms. The van der Waals surface area contributed by atoms with Gasteiger partial charge in [-0.25, -0.2) is 0 Å². The van der Waals surface area contributed by atoms with Crippen LogP contribution in [0.15, 0.2) is 18.2 Å². The van der Waals surface area contributed by atoms with E-state index in [4.69, 9.17) is 0 Å². The molecular weight excluding hydrogens is 378 g/mol. The number of fused-ring (bicyclic) bond motifs is 3. The van der Waals surface area contributed by atoms with Crippen LogP contribution < -0.4 is 0 Å². The van der Waals surface area contributed by atoms with Crippen molar-refractivity contribution in [2.75, 3.05) is 19.6 Å². The molecule has 0 bridgehead atoms. The smallest absolute Gasteiger partial charge is 0.255 e. The maximum Gasteiger partial charge on any atom is 0.255 e. The number of hydrogen-bond acceptors (Lipinski definition) is 3. The first-order chi connectivity index (χ1) is 14.5. The number of hydrogen-bond donors (Lipinski definition) is 0. The highest BCUT2D eigenvalue weighted by molar-refractivity contribution is 6.01. The molecule has 6 rings (SSSR count). The normalized spacial score (nSPS) is 40.1. The van der Waals surface area contributed by atoms with Crippen molar-refractivity contribution in [3.05, 3.63) is 40.1 Å². The minimum atomic E-state index is -0.351. The van der Waals surface area contributed by atoms with Crippen molar-refractivity contribution >= 4 is 11.8 Å². The Hall–Kier alpha value is -1.92. The second-order valence-electron chi connectivity index (χ2n) is 10.3. The molecule has 2 unspecified atom stereocenters. The molecule has 30 heavy (non-hydrogen) atoms. The highest BCUT2D eigenvalue weighted by Crippen LogP contribution is 2.48. The molecule has 1 aromatic carbocycles. The van der Waals surface area contributed by atoms with Gasteiger partial charge in [-0.15, -0.1) is 0 Å². The van der Waals surface area contributed by atoms with Crippen LogP contribution in [-0.2, 0) is 11.3 Å². The first-order valence-corrected chi connectivity index (χ1v) is 11.8. The summed E-state index contributed by atoms with van der Waals surface area (Å²) in [5, 5.41) is 13.5. The van der Waals surface area contributed by atoms with Crippen LogP contribution in [0, 0.1) is 24.0 Å². The molecule has 0 saturated carbocycles. The van der Waals surface area contributed by atoms with Gasteiger partial charge in [-0.2, -0.15) is 0 Å². The van der Waals surface area contributed by atoms with Gasteiger partial charge in [-0.05, 0) is 62.6 Å². The largest absolute Gasteiger partial charge is 0.633 e. The highest BCUT2D eigenvalue weighted by atomic mass is 16.5. The van der Waals surface area contributed by atoms with Crippen LogP contribution in [-0.4, -0.2) is 64.0 Å². The van der Waals surface area contributed by atoms with Gasteiger partial charge in [0.05, 0.1) is 19.1 Å². The Morgan fingerprint density at radius 2 is 1.83 bits per heavy atom. The molecule has 0 aliphatic carbocycles. The molecule has 5 heterocycles. The van der Waals surface area contributed by atoms with Gasteiger partial charge in [0, 0.05) is 36.5 Å². The predicted octanol–water partition coefficient (Wildman–Crippen LogP) is 2.83. The third-order valence-electron chi connectivity index (χ3n) is 8.89. The average molecular weight is 410 g/mol. The Morgan fingerprint density at radius 1 is 1.03 bits per heavy atom. The Kier molecular flexibility index (Phi) is 4.10. The summed E-state index contributed by atoms with van der Waals surface area (Å²) in [6, 6.07) is 5.90. The van der Waals surface area contributed by atoms with Gasteiger partial charge < -0.3 is 19.7 Å². The average Bonchev–Trinajstić information content (AvgIpc) is 3.07. The molecule has 5 aliphatic heterocycles. The van der Waals surface area contributed by atoms with Crippen LogP contribution >= 0.6 is 0 Å².